The molecular weight excluding hydrogens is 142 g/mol. The lowest BCUT2D eigenvalue weighted by molar-refractivity contribution is -0.108. The van der Waals surface area contributed by atoms with Crippen LogP contribution in [0, 0.1) is 11.3 Å². The van der Waals surface area contributed by atoms with Gasteiger partial charge in [0, 0.05) is 11.8 Å². The van der Waals surface area contributed by atoms with Gasteiger partial charge in [0.2, 0.25) is 0 Å². The first-order chi connectivity index (χ1) is 5.36. The first-order valence-corrected chi connectivity index (χ1v) is 3.18. The monoisotopic (exact) mass is 149 g/mol. The molecule has 0 aliphatic rings. The second-order valence-corrected chi connectivity index (χ2v) is 2.07. The average Bonchev–Trinajstić information content (AvgIpc) is 2.38. The van der Waals surface area contributed by atoms with Crippen molar-refractivity contribution in [3.63, 3.8) is 0 Å². The van der Waals surface area contributed by atoms with Crippen LogP contribution in [0.4, 0.5) is 0 Å². The van der Waals surface area contributed by atoms with Gasteiger partial charge < -0.3 is 4.79 Å². The van der Waals surface area contributed by atoms with E-state index in [1.165, 1.54) is 4.68 Å². The Bertz CT molecular complexity index is 284. The first-order valence-electron chi connectivity index (χ1n) is 3.18. The molecule has 4 nitrogen and oxygen atoms in total. The van der Waals surface area contributed by atoms with Crippen LogP contribution >= 0.6 is 0 Å². The Morgan fingerprint density at radius 1 is 1.82 bits per heavy atom. The van der Waals surface area contributed by atoms with E-state index < -0.39 is 0 Å². The fourth-order valence-corrected chi connectivity index (χ4v) is 0.765. The lowest BCUT2D eigenvalue weighted by atomic mass is 10.3. The molecule has 56 valence electrons. The van der Waals surface area contributed by atoms with E-state index >= 15 is 0 Å². The van der Waals surface area contributed by atoms with Crippen LogP contribution in [-0.2, 0) is 17.8 Å². The molecule has 1 aromatic heterocycles. The van der Waals surface area contributed by atoms with Crippen molar-refractivity contribution in [2.24, 2.45) is 0 Å². The summed E-state index contributed by atoms with van der Waals surface area (Å²) in [6, 6.07) is 2.00. The number of aromatic nitrogens is 2. The van der Waals surface area contributed by atoms with Crippen molar-refractivity contribution in [3.05, 3.63) is 18.0 Å². The van der Waals surface area contributed by atoms with Crippen LogP contribution in [0.15, 0.2) is 12.4 Å². The standard InChI is InChI=1S/C7H7N3O/c8-2-1-7-5-9-10(6-7)3-4-11/h4-6H,1,3H2. The molecule has 0 fully saturated rings. The molecule has 1 heterocycles. The molecule has 0 aromatic carbocycles. The highest BCUT2D eigenvalue weighted by atomic mass is 16.1. The maximum atomic E-state index is 10.0. The Hall–Kier alpha value is -1.63. The summed E-state index contributed by atoms with van der Waals surface area (Å²) in [5.74, 6) is 0. The molecule has 1 aromatic rings. The van der Waals surface area contributed by atoms with Gasteiger partial charge in [-0.25, -0.2) is 0 Å². The van der Waals surface area contributed by atoms with Gasteiger partial charge in [-0.2, -0.15) is 10.4 Å². The smallest absolute Gasteiger partial charge is 0.141 e. The third-order valence-corrected chi connectivity index (χ3v) is 1.23. The van der Waals surface area contributed by atoms with E-state index in [9.17, 15) is 4.79 Å². The Labute approximate surface area is 64.1 Å². The quantitative estimate of drug-likeness (QED) is 0.574. The van der Waals surface area contributed by atoms with Crippen LogP contribution in [0.2, 0.25) is 0 Å². The highest BCUT2D eigenvalue weighted by molar-refractivity contribution is 5.48. The number of nitriles is 1. The van der Waals surface area contributed by atoms with Crippen LogP contribution in [-0.4, -0.2) is 16.1 Å². The fraction of sp³-hybridized carbons (Fsp3) is 0.286. The number of rotatable bonds is 3. The summed E-state index contributed by atoms with van der Waals surface area (Å²) in [5.41, 5.74) is 0.842. The number of aldehydes is 1. The van der Waals surface area contributed by atoms with Crippen molar-refractivity contribution in [2.75, 3.05) is 0 Å². The molecule has 4 heteroatoms. The van der Waals surface area contributed by atoms with Crippen molar-refractivity contribution in [3.8, 4) is 6.07 Å². The summed E-state index contributed by atoms with van der Waals surface area (Å²) < 4.78 is 1.50. The number of carbonyl (C=O) groups excluding carboxylic acids is 1. The average molecular weight is 149 g/mol. The highest BCUT2D eigenvalue weighted by Crippen LogP contribution is 1.96. The molecule has 1 rings (SSSR count). The molecule has 0 spiro atoms. The van der Waals surface area contributed by atoms with E-state index in [4.69, 9.17) is 5.26 Å². The summed E-state index contributed by atoms with van der Waals surface area (Å²) in [6.07, 6.45) is 4.40. The van der Waals surface area contributed by atoms with Gasteiger partial charge in [-0.3, -0.25) is 4.68 Å². The minimum absolute atomic E-state index is 0.255. The lowest BCUT2D eigenvalue weighted by Crippen LogP contribution is -1.97. The Morgan fingerprint density at radius 2 is 2.64 bits per heavy atom. The number of hydrogen-bond acceptors (Lipinski definition) is 3. The third-order valence-electron chi connectivity index (χ3n) is 1.23. The van der Waals surface area contributed by atoms with Crippen molar-refractivity contribution in [1.29, 1.82) is 5.26 Å². The minimum Gasteiger partial charge on any atom is -0.301 e. The van der Waals surface area contributed by atoms with Crippen molar-refractivity contribution in [1.82, 2.24) is 9.78 Å². The highest BCUT2D eigenvalue weighted by Gasteiger charge is 1.95. The molecule has 0 radical (unpaired) electrons. The molecule has 0 amide bonds. The normalized spacial score (nSPS) is 9.00. The van der Waals surface area contributed by atoms with E-state index in [-0.39, 0.29) is 6.54 Å². The zero-order valence-electron chi connectivity index (χ0n) is 5.90. The lowest BCUT2D eigenvalue weighted by Gasteiger charge is -1.88. The Morgan fingerprint density at radius 3 is 3.27 bits per heavy atom. The van der Waals surface area contributed by atoms with Crippen LogP contribution in [0.5, 0.6) is 0 Å². The van der Waals surface area contributed by atoms with Gasteiger partial charge in [-0.05, 0) is 0 Å². The molecule has 11 heavy (non-hydrogen) atoms. The van der Waals surface area contributed by atoms with Crippen LogP contribution < -0.4 is 0 Å². The van der Waals surface area contributed by atoms with Crippen LogP contribution in [0.1, 0.15) is 5.56 Å². The summed E-state index contributed by atoms with van der Waals surface area (Å²) in [7, 11) is 0. The van der Waals surface area contributed by atoms with Gasteiger partial charge in [-0.1, -0.05) is 0 Å². The molecule has 0 bridgehead atoms. The fourth-order valence-electron chi connectivity index (χ4n) is 0.765. The van der Waals surface area contributed by atoms with E-state index in [1.54, 1.807) is 12.4 Å². The molecule has 0 unspecified atom stereocenters. The van der Waals surface area contributed by atoms with E-state index in [2.05, 4.69) is 5.10 Å². The second kappa shape index (κ2) is 3.52. The number of carbonyl (C=O) groups is 1. The predicted molar refractivity (Wildman–Crippen MR) is 37.6 cm³/mol. The number of nitrogens with zero attached hydrogens (tertiary/aromatic N) is 3. The summed E-state index contributed by atoms with van der Waals surface area (Å²) in [6.45, 7) is 0.255. The van der Waals surface area contributed by atoms with Gasteiger partial charge >= 0.3 is 0 Å². The summed E-state index contributed by atoms with van der Waals surface area (Å²) in [5, 5.41) is 12.2. The van der Waals surface area contributed by atoms with E-state index in [0.29, 0.717) is 6.42 Å². The largest absolute Gasteiger partial charge is 0.301 e. The SMILES string of the molecule is N#CCc1cnn(CC=O)c1. The molecule has 0 N–H and O–H groups in total. The molecule has 0 saturated heterocycles. The van der Waals surface area contributed by atoms with Crippen molar-refractivity contribution >= 4 is 6.29 Å². The zero-order valence-corrected chi connectivity index (χ0v) is 5.90. The van der Waals surface area contributed by atoms with Crippen LogP contribution in [0.25, 0.3) is 0 Å². The topological polar surface area (TPSA) is 58.7 Å². The maximum Gasteiger partial charge on any atom is 0.141 e. The third kappa shape index (κ3) is 1.90. The zero-order chi connectivity index (χ0) is 8.10. The van der Waals surface area contributed by atoms with E-state index in [0.717, 1.165) is 11.8 Å². The van der Waals surface area contributed by atoms with E-state index in [1.807, 2.05) is 6.07 Å². The second-order valence-electron chi connectivity index (χ2n) is 2.07. The van der Waals surface area contributed by atoms with Gasteiger partial charge in [-0.15, -0.1) is 0 Å². The molecular formula is C7H7N3O. The molecule has 0 aliphatic heterocycles. The Kier molecular flexibility index (Phi) is 2.39. The maximum absolute atomic E-state index is 10.0. The van der Waals surface area contributed by atoms with Crippen molar-refractivity contribution < 1.29 is 4.79 Å². The summed E-state index contributed by atoms with van der Waals surface area (Å²) in [4.78, 5) is 10.0. The molecule has 0 atom stereocenters. The van der Waals surface area contributed by atoms with Gasteiger partial charge in [0.15, 0.2) is 0 Å². The summed E-state index contributed by atoms with van der Waals surface area (Å²) >= 11 is 0. The van der Waals surface area contributed by atoms with Gasteiger partial charge in [0.05, 0.1) is 25.2 Å². The van der Waals surface area contributed by atoms with Gasteiger partial charge in [0.1, 0.15) is 6.29 Å². The predicted octanol–water partition coefficient (Wildman–Crippen LogP) is 0.148. The molecule has 0 saturated carbocycles. The van der Waals surface area contributed by atoms with Crippen LogP contribution in [0.3, 0.4) is 0 Å². The molecule has 0 aliphatic carbocycles. The minimum atomic E-state index is 0.255. The Balaban J connectivity index is 2.67. The number of hydrogen-bond donors (Lipinski definition) is 0. The van der Waals surface area contributed by atoms with Gasteiger partial charge in [0.25, 0.3) is 0 Å². The van der Waals surface area contributed by atoms with Crippen molar-refractivity contribution in [2.45, 2.75) is 13.0 Å². The first kappa shape index (κ1) is 7.48.